The van der Waals surface area contributed by atoms with Crippen LogP contribution in [-0.4, -0.2) is 75.5 Å². The maximum Gasteiger partial charge on any atom is 0.494 e. The van der Waals surface area contributed by atoms with Gasteiger partial charge >= 0.3 is 21.8 Å². The summed E-state index contributed by atoms with van der Waals surface area (Å²) in [6.07, 6.45) is 11.2. The maximum atomic E-state index is 13.2. The standard InChI is InChI=1S/C43H70B2O8P2/c1-13-48-55(47,49-14-2)30-22-18-16-20-28-43(27-19-15-17-21-29-54(11,12)46)37-31-33(44-50-39(3,4)40(5,6)51-44)23-25-35(37)36-26-24-34(32-38(36)43)45-52-41(7,8)42(9,10)53-45/h23-26,31-32H,13-22,27-30H2,1-12H3. The smallest absolute Gasteiger partial charge is 0.399 e. The van der Waals surface area contributed by atoms with Gasteiger partial charge in [-0.15, -0.1) is 0 Å². The Morgan fingerprint density at radius 3 is 1.27 bits per heavy atom. The second-order valence-electron chi connectivity index (χ2n) is 18.7. The highest BCUT2D eigenvalue weighted by Crippen LogP contribution is 2.55. The van der Waals surface area contributed by atoms with E-state index in [1.54, 1.807) is 0 Å². The minimum atomic E-state index is -3.06. The van der Waals surface area contributed by atoms with Crippen LogP contribution in [0.5, 0.6) is 0 Å². The molecule has 2 aromatic carbocycles. The molecule has 3 aliphatic rings. The molecule has 0 saturated carbocycles. The summed E-state index contributed by atoms with van der Waals surface area (Å²) in [6.45, 7) is 25.2. The van der Waals surface area contributed by atoms with E-state index in [1.807, 2.05) is 27.2 Å². The molecule has 0 amide bonds. The summed E-state index contributed by atoms with van der Waals surface area (Å²) < 4.78 is 63.2. The Labute approximate surface area is 334 Å². The third kappa shape index (κ3) is 9.98. The first kappa shape index (κ1) is 44.9. The van der Waals surface area contributed by atoms with Crippen molar-refractivity contribution >= 4 is 39.9 Å². The van der Waals surface area contributed by atoms with Crippen LogP contribution in [0.25, 0.3) is 11.1 Å². The van der Waals surface area contributed by atoms with Crippen LogP contribution in [0.2, 0.25) is 0 Å². The third-order valence-electron chi connectivity index (χ3n) is 12.9. The van der Waals surface area contributed by atoms with Crippen molar-refractivity contribution in [3.8, 4) is 11.1 Å². The predicted molar refractivity (Wildman–Crippen MR) is 230 cm³/mol. The summed E-state index contributed by atoms with van der Waals surface area (Å²) in [4.78, 5) is 0. The Hall–Kier alpha value is -1.21. The molecule has 0 N–H and O–H groups in total. The molecule has 0 atom stereocenters. The average molecular weight is 799 g/mol. The van der Waals surface area contributed by atoms with E-state index in [-0.39, 0.29) is 5.41 Å². The largest absolute Gasteiger partial charge is 0.494 e. The number of fused-ring (bicyclic) bond motifs is 3. The van der Waals surface area contributed by atoms with Gasteiger partial charge in [0.1, 0.15) is 0 Å². The molecule has 0 radical (unpaired) electrons. The lowest BCUT2D eigenvalue weighted by atomic mass is 9.67. The molecular weight excluding hydrogens is 728 g/mol. The van der Waals surface area contributed by atoms with Gasteiger partial charge < -0.3 is 32.2 Å². The summed E-state index contributed by atoms with van der Waals surface area (Å²) in [5, 5.41) is 0. The van der Waals surface area contributed by atoms with Crippen LogP contribution in [-0.2, 0) is 42.2 Å². The predicted octanol–water partition coefficient (Wildman–Crippen LogP) is 10.3. The van der Waals surface area contributed by atoms with E-state index >= 15 is 0 Å². The first-order chi connectivity index (χ1) is 25.6. The molecule has 2 aromatic rings. The topological polar surface area (TPSA) is 89.5 Å². The van der Waals surface area contributed by atoms with Gasteiger partial charge in [0, 0.05) is 11.6 Å². The van der Waals surface area contributed by atoms with Gasteiger partial charge in [-0.3, -0.25) is 4.57 Å². The molecule has 0 bridgehead atoms. The molecular formula is C43H70B2O8P2. The zero-order valence-corrected chi connectivity index (χ0v) is 38.0. The second-order valence-corrected chi connectivity index (χ2v) is 24.4. The van der Waals surface area contributed by atoms with Crippen LogP contribution >= 0.6 is 14.7 Å². The van der Waals surface area contributed by atoms with Crippen LogP contribution in [0.3, 0.4) is 0 Å². The average Bonchev–Trinajstić information content (AvgIpc) is 3.57. The van der Waals surface area contributed by atoms with Crippen molar-refractivity contribution in [3.63, 3.8) is 0 Å². The quantitative estimate of drug-likeness (QED) is 0.0743. The fraction of sp³-hybridized carbons (Fsp3) is 0.721. The van der Waals surface area contributed by atoms with Crippen molar-refractivity contribution in [2.24, 2.45) is 0 Å². The molecule has 2 saturated heterocycles. The Balaban J connectivity index is 1.50. The van der Waals surface area contributed by atoms with Gasteiger partial charge in [0.05, 0.1) is 48.9 Å². The molecule has 0 aromatic heterocycles. The summed E-state index contributed by atoms with van der Waals surface area (Å²) >= 11 is 0. The minimum absolute atomic E-state index is 0.249. The number of unbranched alkanes of at least 4 members (excludes halogenated alkanes) is 6. The number of hydrogen-bond donors (Lipinski definition) is 0. The number of hydrogen-bond acceptors (Lipinski definition) is 8. The zero-order chi connectivity index (χ0) is 40.5. The lowest BCUT2D eigenvalue weighted by molar-refractivity contribution is 0.00578. The lowest BCUT2D eigenvalue weighted by Crippen LogP contribution is -2.41. The van der Waals surface area contributed by atoms with Crippen molar-refractivity contribution in [2.75, 3.05) is 38.9 Å². The highest BCUT2D eigenvalue weighted by molar-refractivity contribution is 7.62. The van der Waals surface area contributed by atoms with Crippen LogP contribution in [0.4, 0.5) is 0 Å². The molecule has 306 valence electrons. The lowest BCUT2D eigenvalue weighted by Gasteiger charge is -2.33. The summed E-state index contributed by atoms with van der Waals surface area (Å²) in [5.74, 6) is 0. The van der Waals surface area contributed by atoms with Crippen molar-refractivity contribution in [3.05, 3.63) is 47.5 Å². The van der Waals surface area contributed by atoms with Gasteiger partial charge in [0.25, 0.3) is 0 Å². The van der Waals surface area contributed by atoms with E-state index < -0.39 is 51.4 Å². The molecule has 12 heteroatoms. The van der Waals surface area contributed by atoms with Crippen molar-refractivity contribution in [2.45, 2.75) is 161 Å². The molecule has 2 fully saturated rings. The molecule has 2 aliphatic heterocycles. The zero-order valence-electron chi connectivity index (χ0n) is 36.2. The minimum Gasteiger partial charge on any atom is -0.399 e. The van der Waals surface area contributed by atoms with Gasteiger partial charge in [-0.05, 0) is 141 Å². The van der Waals surface area contributed by atoms with Crippen LogP contribution < -0.4 is 10.9 Å². The fourth-order valence-electron chi connectivity index (χ4n) is 8.36. The van der Waals surface area contributed by atoms with Gasteiger partial charge in [-0.2, -0.15) is 0 Å². The monoisotopic (exact) mass is 798 g/mol. The first-order valence-corrected chi connectivity index (χ1v) is 25.5. The molecule has 8 nitrogen and oxygen atoms in total. The summed E-state index contributed by atoms with van der Waals surface area (Å²) in [6, 6.07) is 13.7. The molecule has 5 rings (SSSR count). The number of rotatable bonds is 20. The van der Waals surface area contributed by atoms with Gasteiger partial charge in [0.2, 0.25) is 0 Å². The van der Waals surface area contributed by atoms with E-state index in [2.05, 4.69) is 91.8 Å². The fourth-order valence-corrected chi connectivity index (χ4v) is 11.1. The van der Waals surface area contributed by atoms with E-state index in [9.17, 15) is 9.13 Å². The Morgan fingerprint density at radius 1 is 0.545 bits per heavy atom. The Bertz CT molecular complexity index is 1610. The van der Waals surface area contributed by atoms with E-state index in [1.165, 1.54) is 22.3 Å². The highest BCUT2D eigenvalue weighted by Gasteiger charge is 2.54. The molecule has 0 unspecified atom stereocenters. The molecule has 1 aliphatic carbocycles. The van der Waals surface area contributed by atoms with Gasteiger partial charge in [-0.1, -0.05) is 74.9 Å². The van der Waals surface area contributed by atoms with Crippen molar-refractivity contribution < 1.29 is 36.8 Å². The molecule has 0 spiro atoms. The Kier molecular flexibility index (Phi) is 14.0. The normalized spacial score (nSPS) is 20.6. The Morgan fingerprint density at radius 2 is 0.909 bits per heavy atom. The van der Waals surface area contributed by atoms with E-state index in [0.29, 0.717) is 19.4 Å². The van der Waals surface area contributed by atoms with Crippen LogP contribution in [0.1, 0.15) is 145 Å². The van der Waals surface area contributed by atoms with Gasteiger partial charge in [0.15, 0.2) is 0 Å². The number of benzene rings is 2. The van der Waals surface area contributed by atoms with Crippen LogP contribution in [0.15, 0.2) is 36.4 Å². The molecule has 55 heavy (non-hydrogen) atoms. The van der Waals surface area contributed by atoms with Crippen molar-refractivity contribution in [1.82, 2.24) is 0 Å². The van der Waals surface area contributed by atoms with E-state index in [4.69, 9.17) is 27.7 Å². The van der Waals surface area contributed by atoms with E-state index in [0.717, 1.165) is 81.3 Å². The van der Waals surface area contributed by atoms with Crippen LogP contribution in [0, 0.1) is 0 Å². The summed E-state index contributed by atoms with van der Waals surface area (Å²) in [5.41, 5.74) is 5.29. The SMILES string of the molecule is CCOP(=O)(CCCCCCC1(CCCCCCP(C)(C)=O)c2cc(B3OC(C)(C)C(C)(C)O3)ccc2-c2ccc(B3OC(C)(C)C(C)(C)O3)cc21)OCC. The first-order valence-electron chi connectivity index (χ1n) is 21.0. The maximum absolute atomic E-state index is 13.2. The van der Waals surface area contributed by atoms with Gasteiger partial charge in [-0.25, -0.2) is 0 Å². The highest BCUT2D eigenvalue weighted by atomic mass is 31.2. The molecule has 2 heterocycles. The summed E-state index contributed by atoms with van der Waals surface area (Å²) in [7, 11) is -6.00. The third-order valence-corrected chi connectivity index (χ3v) is 16.5. The second kappa shape index (κ2) is 17.2. The van der Waals surface area contributed by atoms with Crippen molar-refractivity contribution in [1.29, 1.82) is 0 Å².